The summed E-state index contributed by atoms with van der Waals surface area (Å²) in [5, 5.41) is 4.29. The molecule has 1 unspecified atom stereocenters. The van der Waals surface area contributed by atoms with Gasteiger partial charge in [0.05, 0.1) is 29.5 Å². The molecule has 0 spiro atoms. The van der Waals surface area contributed by atoms with Gasteiger partial charge in [-0.05, 0) is 45.0 Å². The molecule has 0 amide bonds. The van der Waals surface area contributed by atoms with Gasteiger partial charge in [-0.2, -0.15) is 4.98 Å². The highest BCUT2D eigenvalue weighted by molar-refractivity contribution is 7.88. The normalized spacial score (nSPS) is 12.9. The molecule has 0 saturated carbocycles. The topological polar surface area (TPSA) is 116 Å². The fraction of sp³-hybridized carbons (Fsp3) is 0.353. The second kappa shape index (κ2) is 8.25. The van der Waals surface area contributed by atoms with E-state index < -0.39 is 16.1 Å². The predicted molar refractivity (Wildman–Crippen MR) is 104 cm³/mol. The van der Waals surface area contributed by atoms with Crippen LogP contribution in [0.3, 0.4) is 0 Å². The Morgan fingerprint density at radius 1 is 1.14 bits per heavy atom. The van der Waals surface area contributed by atoms with E-state index in [1.165, 1.54) is 11.3 Å². The molecule has 0 radical (unpaired) electrons. The molecule has 0 aliphatic rings. The Labute approximate surface area is 166 Å². The first-order chi connectivity index (χ1) is 13.2. The summed E-state index contributed by atoms with van der Waals surface area (Å²) < 4.78 is 41.5. The number of sulfonamides is 1. The third-order valence-corrected chi connectivity index (χ3v) is 4.96. The quantitative estimate of drug-likeness (QED) is 0.585. The minimum Gasteiger partial charge on any atom is -0.491 e. The van der Waals surface area contributed by atoms with Gasteiger partial charge < -0.3 is 14.0 Å². The molecule has 1 aromatic carbocycles. The van der Waals surface area contributed by atoms with E-state index in [1.54, 1.807) is 25.3 Å². The van der Waals surface area contributed by atoms with Gasteiger partial charge in [0.25, 0.3) is 5.19 Å². The van der Waals surface area contributed by atoms with E-state index >= 15 is 0 Å². The molecule has 0 saturated heterocycles. The lowest BCUT2D eigenvalue weighted by Crippen LogP contribution is -2.25. The van der Waals surface area contributed by atoms with Gasteiger partial charge in [0, 0.05) is 0 Å². The number of ether oxygens (including phenoxy) is 2. The average molecular weight is 425 g/mol. The number of rotatable bonds is 8. The van der Waals surface area contributed by atoms with Gasteiger partial charge in [-0.3, -0.25) is 0 Å². The van der Waals surface area contributed by atoms with Crippen molar-refractivity contribution < 1.29 is 22.4 Å². The van der Waals surface area contributed by atoms with Crippen LogP contribution in [0.15, 0.2) is 35.0 Å². The number of hydrogen-bond acceptors (Lipinski definition) is 9. The Morgan fingerprint density at radius 3 is 2.46 bits per heavy atom. The maximum absolute atomic E-state index is 11.3. The van der Waals surface area contributed by atoms with Gasteiger partial charge in [-0.1, -0.05) is 16.5 Å². The highest BCUT2D eigenvalue weighted by Crippen LogP contribution is 2.32. The summed E-state index contributed by atoms with van der Waals surface area (Å²) in [5.74, 6) is 1.86. The fourth-order valence-electron chi connectivity index (χ4n) is 2.25. The SMILES string of the molecule is CC(C)Oc1ccc(Oc2ncc(-c3noc(C(C)NS(C)(=O)=O)n3)s2)cc1. The van der Waals surface area contributed by atoms with E-state index in [-0.39, 0.29) is 12.0 Å². The molecule has 9 nitrogen and oxygen atoms in total. The first-order valence-electron chi connectivity index (χ1n) is 8.41. The van der Waals surface area contributed by atoms with Crippen molar-refractivity contribution >= 4 is 21.4 Å². The largest absolute Gasteiger partial charge is 0.491 e. The number of nitrogens with zero attached hydrogens (tertiary/aromatic N) is 3. The number of benzene rings is 1. The second-order valence-corrected chi connectivity index (χ2v) is 9.07. The second-order valence-electron chi connectivity index (χ2n) is 6.30. The monoisotopic (exact) mass is 424 g/mol. The van der Waals surface area contributed by atoms with Crippen LogP contribution in [0.5, 0.6) is 16.7 Å². The summed E-state index contributed by atoms with van der Waals surface area (Å²) in [4.78, 5) is 9.06. The number of hydrogen-bond donors (Lipinski definition) is 1. The first-order valence-corrected chi connectivity index (χ1v) is 11.1. The maximum Gasteiger partial charge on any atom is 0.279 e. The first kappa shape index (κ1) is 20.2. The Hall–Kier alpha value is -2.50. The van der Waals surface area contributed by atoms with Gasteiger partial charge in [0.15, 0.2) is 0 Å². The molecule has 0 fully saturated rings. The van der Waals surface area contributed by atoms with E-state index in [1.807, 2.05) is 26.0 Å². The van der Waals surface area contributed by atoms with E-state index in [2.05, 4.69) is 19.8 Å². The molecule has 28 heavy (non-hydrogen) atoms. The van der Waals surface area contributed by atoms with Crippen molar-refractivity contribution in [1.29, 1.82) is 0 Å². The van der Waals surface area contributed by atoms with Crippen LogP contribution in [0, 0.1) is 0 Å². The van der Waals surface area contributed by atoms with Crippen LogP contribution in [-0.2, 0) is 10.0 Å². The average Bonchev–Trinajstić information content (AvgIpc) is 3.24. The molecule has 1 N–H and O–H groups in total. The van der Waals surface area contributed by atoms with Crippen LogP contribution in [0.25, 0.3) is 10.7 Å². The molecule has 150 valence electrons. The summed E-state index contributed by atoms with van der Waals surface area (Å²) in [5.41, 5.74) is 0. The van der Waals surface area contributed by atoms with Crippen LogP contribution in [0.2, 0.25) is 0 Å². The zero-order valence-electron chi connectivity index (χ0n) is 15.7. The molecular formula is C17H20N4O5S2. The van der Waals surface area contributed by atoms with E-state index in [4.69, 9.17) is 14.0 Å². The Morgan fingerprint density at radius 2 is 1.82 bits per heavy atom. The van der Waals surface area contributed by atoms with Crippen LogP contribution >= 0.6 is 11.3 Å². The lowest BCUT2D eigenvalue weighted by Gasteiger charge is -2.09. The summed E-state index contributed by atoms with van der Waals surface area (Å²) >= 11 is 1.25. The fourth-order valence-corrected chi connectivity index (χ4v) is 3.70. The Bertz CT molecular complexity index is 1030. The third-order valence-electron chi connectivity index (χ3n) is 3.31. The molecule has 0 aliphatic carbocycles. The molecule has 0 aliphatic heterocycles. The third kappa shape index (κ3) is 5.50. The van der Waals surface area contributed by atoms with Crippen LogP contribution in [0.1, 0.15) is 32.7 Å². The standard InChI is InChI=1S/C17H20N4O5S2/c1-10(2)24-12-5-7-13(8-6-12)25-17-18-9-14(27-17)15-19-16(26-20-15)11(3)21-28(4,22)23/h5-11,21H,1-4H3. The Balaban J connectivity index is 1.67. The molecule has 2 aromatic heterocycles. The van der Waals surface area contributed by atoms with Crippen molar-refractivity contribution in [2.75, 3.05) is 6.26 Å². The van der Waals surface area contributed by atoms with Crippen molar-refractivity contribution in [1.82, 2.24) is 19.8 Å². The minimum absolute atomic E-state index is 0.100. The molecule has 11 heteroatoms. The van der Waals surface area contributed by atoms with Crippen LogP contribution < -0.4 is 14.2 Å². The lowest BCUT2D eigenvalue weighted by molar-refractivity contribution is 0.242. The lowest BCUT2D eigenvalue weighted by atomic mass is 10.3. The van der Waals surface area contributed by atoms with Crippen molar-refractivity contribution in [3.05, 3.63) is 36.4 Å². The smallest absolute Gasteiger partial charge is 0.279 e. The predicted octanol–water partition coefficient (Wildman–Crippen LogP) is 3.38. The minimum atomic E-state index is -3.38. The molecule has 1 atom stereocenters. The zero-order chi connectivity index (χ0) is 20.3. The van der Waals surface area contributed by atoms with Gasteiger partial charge >= 0.3 is 0 Å². The van der Waals surface area contributed by atoms with Crippen LogP contribution in [0.4, 0.5) is 0 Å². The number of nitrogens with one attached hydrogen (secondary N) is 1. The summed E-state index contributed by atoms with van der Waals surface area (Å²) in [6.45, 7) is 5.54. The Kier molecular flexibility index (Phi) is 5.96. The maximum atomic E-state index is 11.3. The summed E-state index contributed by atoms with van der Waals surface area (Å²) in [7, 11) is -3.38. The van der Waals surface area contributed by atoms with E-state index in [0.717, 1.165) is 12.0 Å². The van der Waals surface area contributed by atoms with Gasteiger partial charge in [0.2, 0.25) is 21.7 Å². The summed E-state index contributed by atoms with van der Waals surface area (Å²) in [6.07, 6.45) is 2.73. The van der Waals surface area contributed by atoms with Gasteiger partial charge in [-0.25, -0.2) is 18.1 Å². The van der Waals surface area contributed by atoms with Crippen LogP contribution in [-0.4, -0.2) is 35.9 Å². The van der Waals surface area contributed by atoms with Crippen molar-refractivity contribution in [3.8, 4) is 27.4 Å². The highest BCUT2D eigenvalue weighted by Gasteiger charge is 2.19. The molecular weight excluding hydrogens is 404 g/mol. The summed E-state index contributed by atoms with van der Waals surface area (Å²) in [6, 6.07) is 6.61. The van der Waals surface area contributed by atoms with Crippen molar-refractivity contribution in [3.63, 3.8) is 0 Å². The van der Waals surface area contributed by atoms with E-state index in [0.29, 0.717) is 21.6 Å². The van der Waals surface area contributed by atoms with E-state index in [9.17, 15) is 8.42 Å². The molecule has 2 heterocycles. The number of aromatic nitrogens is 3. The zero-order valence-corrected chi connectivity index (χ0v) is 17.4. The number of thiazole rings is 1. The highest BCUT2D eigenvalue weighted by atomic mass is 32.2. The van der Waals surface area contributed by atoms with Crippen molar-refractivity contribution in [2.45, 2.75) is 32.9 Å². The van der Waals surface area contributed by atoms with Crippen molar-refractivity contribution in [2.24, 2.45) is 0 Å². The molecule has 0 bridgehead atoms. The van der Waals surface area contributed by atoms with Gasteiger partial charge in [0.1, 0.15) is 11.5 Å². The molecule has 3 aromatic rings. The van der Waals surface area contributed by atoms with Gasteiger partial charge in [-0.15, -0.1) is 0 Å². The molecule has 3 rings (SSSR count).